The number of rotatable bonds is 3. The van der Waals surface area contributed by atoms with Gasteiger partial charge in [0, 0.05) is 16.7 Å². The second kappa shape index (κ2) is 5.66. The number of nitrogens with zero attached hydrogens (tertiary/aromatic N) is 2. The molecule has 0 aliphatic heterocycles. The summed E-state index contributed by atoms with van der Waals surface area (Å²) in [5.41, 5.74) is 5.88. The third kappa shape index (κ3) is 3.19. The minimum Gasteiger partial charge on any atom is -0.455 e. The number of nitrogens with two attached hydrogens (primary N) is 1. The van der Waals surface area contributed by atoms with Crippen molar-refractivity contribution in [1.82, 2.24) is 4.98 Å². The van der Waals surface area contributed by atoms with E-state index in [9.17, 15) is 4.39 Å². The second-order valence-corrected chi connectivity index (χ2v) is 4.48. The lowest BCUT2D eigenvalue weighted by Gasteiger charge is -2.09. The number of hydrogen-bond acceptors (Lipinski definition) is 4. The van der Waals surface area contributed by atoms with Gasteiger partial charge >= 0.3 is 0 Å². The zero-order valence-electron chi connectivity index (χ0n) is 9.55. The molecule has 0 saturated carbocycles. The third-order valence-electron chi connectivity index (χ3n) is 2.23. The van der Waals surface area contributed by atoms with Crippen LogP contribution < -0.4 is 10.5 Å². The van der Waals surface area contributed by atoms with Crippen LogP contribution in [0.4, 0.5) is 4.39 Å². The molecular formula is C12H9BrFN3O2. The molecule has 0 atom stereocenters. The lowest BCUT2D eigenvalue weighted by molar-refractivity contribution is 0.318. The highest BCUT2D eigenvalue weighted by Crippen LogP contribution is 2.27. The van der Waals surface area contributed by atoms with E-state index in [4.69, 9.17) is 15.7 Å². The van der Waals surface area contributed by atoms with Crippen LogP contribution in [0.15, 0.2) is 46.3 Å². The van der Waals surface area contributed by atoms with Crippen LogP contribution in [0.1, 0.15) is 5.56 Å². The van der Waals surface area contributed by atoms with Crippen molar-refractivity contribution in [3.05, 3.63) is 52.5 Å². The predicted molar refractivity (Wildman–Crippen MR) is 70.9 cm³/mol. The normalized spacial score (nSPS) is 11.4. The second-order valence-electron chi connectivity index (χ2n) is 3.56. The highest BCUT2D eigenvalue weighted by Gasteiger charge is 2.10. The van der Waals surface area contributed by atoms with E-state index < -0.39 is 5.82 Å². The smallest absolute Gasteiger partial charge is 0.173 e. The molecule has 0 unspecified atom stereocenters. The van der Waals surface area contributed by atoms with Crippen LogP contribution in [0.25, 0.3) is 0 Å². The highest BCUT2D eigenvalue weighted by atomic mass is 79.9. The quantitative estimate of drug-likeness (QED) is 0.393. The van der Waals surface area contributed by atoms with Gasteiger partial charge in [0.1, 0.15) is 11.6 Å². The van der Waals surface area contributed by atoms with E-state index in [-0.39, 0.29) is 17.3 Å². The standard InChI is InChI=1S/C12H9BrFN3O2/c13-7-3-8(14)5-9(4-7)19-11-6-16-2-1-10(11)12(15)17-18/h1-6,18H,(H2,15,17). The van der Waals surface area contributed by atoms with Crippen LogP contribution in [-0.4, -0.2) is 16.0 Å². The molecule has 0 radical (unpaired) electrons. The maximum atomic E-state index is 13.2. The van der Waals surface area contributed by atoms with Crippen LogP contribution in [-0.2, 0) is 0 Å². The summed E-state index contributed by atoms with van der Waals surface area (Å²) in [5.74, 6) is -0.0337. The summed E-state index contributed by atoms with van der Waals surface area (Å²) in [6.45, 7) is 0. The lowest BCUT2D eigenvalue weighted by Crippen LogP contribution is -2.14. The molecule has 19 heavy (non-hydrogen) atoms. The van der Waals surface area contributed by atoms with E-state index in [1.807, 2.05) is 0 Å². The number of hydrogen-bond donors (Lipinski definition) is 2. The number of pyridine rings is 1. The molecule has 0 amide bonds. The van der Waals surface area contributed by atoms with Crippen molar-refractivity contribution in [2.24, 2.45) is 10.9 Å². The number of benzene rings is 1. The largest absolute Gasteiger partial charge is 0.455 e. The number of amidine groups is 1. The maximum Gasteiger partial charge on any atom is 0.173 e. The minimum atomic E-state index is -0.446. The summed E-state index contributed by atoms with van der Waals surface area (Å²) >= 11 is 3.16. The van der Waals surface area contributed by atoms with Gasteiger partial charge in [-0.05, 0) is 18.2 Å². The van der Waals surface area contributed by atoms with Gasteiger partial charge < -0.3 is 15.7 Å². The van der Waals surface area contributed by atoms with Crippen molar-refractivity contribution in [3.63, 3.8) is 0 Å². The summed E-state index contributed by atoms with van der Waals surface area (Å²) < 4.78 is 19.3. The maximum absolute atomic E-state index is 13.2. The van der Waals surface area contributed by atoms with Crippen molar-refractivity contribution < 1.29 is 14.3 Å². The molecule has 5 nitrogen and oxygen atoms in total. The molecule has 2 aromatic rings. The molecular weight excluding hydrogens is 317 g/mol. The van der Waals surface area contributed by atoms with Gasteiger partial charge in [0.05, 0.1) is 11.8 Å². The predicted octanol–water partition coefficient (Wildman–Crippen LogP) is 2.87. The first-order valence-corrected chi connectivity index (χ1v) is 5.95. The van der Waals surface area contributed by atoms with Gasteiger partial charge in [-0.25, -0.2) is 4.39 Å². The van der Waals surface area contributed by atoms with Crippen LogP contribution in [0.3, 0.4) is 0 Å². The van der Waals surface area contributed by atoms with Crippen molar-refractivity contribution in [2.75, 3.05) is 0 Å². The van der Waals surface area contributed by atoms with Gasteiger partial charge in [-0.1, -0.05) is 21.1 Å². The molecule has 1 heterocycles. The fourth-order valence-corrected chi connectivity index (χ4v) is 1.89. The lowest BCUT2D eigenvalue weighted by atomic mass is 10.2. The van der Waals surface area contributed by atoms with E-state index in [0.29, 0.717) is 10.0 Å². The zero-order valence-corrected chi connectivity index (χ0v) is 11.1. The van der Waals surface area contributed by atoms with Crippen LogP contribution in [0.2, 0.25) is 0 Å². The van der Waals surface area contributed by atoms with Gasteiger partial charge in [0.15, 0.2) is 11.6 Å². The Labute approximate surface area is 116 Å². The number of aromatic nitrogens is 1. The van der Waals surface area contributed by atoms with E-state index in [1.165, 1.54) is 30.6 Å². The first-order chi connectivity index (χ1) is 9.10. The average Bonchev–Trinajstić information content (AvgIpc) is 2.37. The first-order valence-electron chi connectivity index (χ1n) is 5.16. The van der Waals surface area contributed by atoms with Crippen LogP contribution in [0, 0.1) is 5.82 Å². The highest BCUT2D eigenvalue weighted by molar-refractivity contribution is 9.10. The molecule has 0 bridgehead atoms. The molecule has 1 aromatic heterocycles. The number of halogens is 2. The Morgan fingerprint density at radius 1 is 1.42 bits per heavy atom. The van der Waals surface area contributed by atoms with E-state index in [2.05, 4.69) is 26.1 Å². The topological polar surface area (TPSA) is 80.7 Å². The van der Waals surface area contributed by atoms with Gasteiger partial charge in [-0.15, -0.1) is 0 Å². The molecule has 0 fully saturated rings. The fraction of sp³-hybridized carbons (Fsp3) is 0. The van der Waals surface area contributed by atoms with Gasteiger partial charge in [0.2, 0.25) is 0 Å². The summed E-state index contributed by atoms with van der Waals surface area (Å²) in [6, 6.07) is 5.64. The van der Waals surface area contributed by atoms with Crippen LogP contribution >= 0.6 is 15.9 Å². The van der Waals surface area contributed by atoms with Gasteiger partial charge in [-0.3, -0.25) is 4.98 Å². The molecule has 0 aliphatic carbocycles. The molecule has 3 N–H and O–H groups in total. The Morgan fingerprint density at radius 2 is 2.21 bits per heavy atom. The van der Waals surface area contributed by atoms with Crippen molar-refractivity contribution >= 4 is 21.8 Å². The van der Waals surface area contributed by atoms with Gasteiger partial charge in [0.25, 0.3) is 0 Å². The van der Waals surface area contributed by atoms with Gasteiger partial charge in [-0.2, -0.15) is 0 Å². The third-order valence-corrected chi connectivity index (χ3v) is 2.69. The monoisotopic (exact) mass is 325 g/mol. The van der Waals surface area contributed by atoms with Crippen LogP contribution in [0.5, 0.6) is 11.5 Å². The number of ether oxygens (including phenoxy) is 1. The summed E-state index contributed by atoms with van der Waals surface area (Å²) in [7, 11) is 0. The SMILES string of the molecule is N/C(=N/O)c1ccncc1Oc1cc(F)cc(Br)c1. The van der Waals surface area contributed by atoms with E-state index >= 15 is 0 Å². The number of oxime groups is 1. The fourth-order valence-electron chi connectivity index (χ4n) is 1.44. The van der Waals surface area contributed by atoms with Crippen molar-refractivity contribution in [3.8, 4) is 11.5 Å². The van der Waals surface area contributed by atoms with E-state index in [1.54, 1.807) is 6.07 Å². The van der Waals surface area contributed by atoms with Crippen molar-refractivity contribution in [1.29, 1.82) is 0 Å². The molecule has 7 heteroatoms. The Morgan fingerprint density at radius 3 is 2.89 bits per heavy atom. The molecule has 2 rings (SSSR count). The Hall–Kier alpha value is -2.15. The molecule has 98 valence electrons. The summed E-state index contributed by atoms with van der Waals surface area (Å²) in [6.07, 6.45) is 2.87. The molecule has 0 saturated heterocycles. The molecule has 0 aliphatic rings. The Kier molecular flexibility index (Phi) is 3.96. The Bertz CT molecular complexity index is 614. The Balaban J connectivity index is 2.38. The molecule has 1 aromatic carbocycles. The minimum absolute atomic E-state index is 0.118. The average molecular weight is 326 g/mol. The first kappa shape index (κ1) is 13.3. The summed E-state index contributed by atoms with van der Waals surface area (Å²) in [4.78, 5) is 3.88. The van der Waals surface area contributed by atoms with Crippen molar-refractivity contribution in [2.45, 2.75) is 0 Å². The molecule has 0 spiro atoms. The zero-order chi connectivity index (χ0) is 13.8. The summed E-state index contributed by atoms with van der Waals surface area (Å²) in [5, 5.41) is 11.6. The van der Waals surface area contributed by atoms with E-state index in [0.717, 1.165) is 0 Å².